The van der Waals surface area contributed by atoms with Crippen molar-refractivity contribution in [1.82, 2.24) is 35.1 Å². The Hall–Kier alpha value is -3.33. The van der Waals surface area contributed by atoms with Crippen molar-refractivity contribution in [2.45, 2.75) is 160 Å². The van der Waals surface area contributed by atoms with Crippen molar-refractivity contribution < 1.29 is 51.5 Å². The Labute approximate surface area is 369 Å². The number of fused-ring (bicyclic) bond motifs is 1. The monoisotopic (exact) mass is 897 g/mol. The van der Waals surface area contributed by atoms with Gasteiger partial charge in [0.25, 0.3) is 5.67 Å². The van der Waals surface area contributed by atoms with E-state index >= 15 is 4.39 Å². The van der Waals surface area contributed by atoms with Crippen LogP contribution in [0.2, 0.25) is 0 Å². The largest absolute Gasteiger partial charge is 0.455 e. The van der Waals surface area contributed by atoms with Crippen LogP contribution in [0, 0.1) is 11.8 Å². The number of nitrogens with one attached hydrogen (secondary N) is 1. The van der Waals surface area contributed by atoms with Crippen LogP contribution in [0.25, 0.3) is 11.4 Å². The highest BCUT2D eigenvalue weighted by molar-refractivity contribution is 7.93. The third-order valence-corrected chi connectivity index (χ3v) is 12.6. The topological polar surface area (TPSA) is 180 Å². The molecule has 350 valence electrons. The van der Waals surface area contributed by atoms with Crippen molar-refractivity contribution in [3.8, 4) is 11.4 Å². The van der Waals surface area contributed by atoms with Gasteiger partial charge in [-0.2, -0.15) is 3.89 Å². The van der Waals surface area contributed by atoms with Gasteiger partial charge in [0.05, 0.1) is 35.7 Å². The lowest BCUT2D eigenvalue weighted by Crippen LogP contribution is -2.61. The molecule has 0 saturated carbocycles. The molecule has 5 rings (SSSR count). The zero-order chi connectivity index (χ0) is 46.2. The number of halogens is 2. The molecule has 3 aliphatic rings. The van der Waals surface area contributed by atoms with E-state index in [9.17, 15) is 23.4 Å². The summed E-state index contributed by atoms with van der Waals surface area (Å²) in [6.45, 7) is 14.8. The summed E-state index contributed by atoms with van der Waals surface area (Å²) in [5.41, 5.74) is -4.38. The van der Waals surface area contributed by atoms with E-state index in [4.69, 9.17) is 23.7 Å². The Bertz CT molecular complexity index is 1760. The van der Waals surface area contributed by atoms with Gasteiger partial charge in [0.2, 0.25) is 0 Å². The van der Waals surface area contributed by atoms with Crippen LogP contribution in [-0.2, 0) is 39.8 Å². The van der Waals surface area contributed by atoms with E-state index < -0.39 is 77.3 Å². The molecule has 5 heterocycles. The van der Waals surface area contributed by atoms with E-state index in [0.29, 0.717) is 51.0 Å². The number of hydrogen-bond donors (Lipinski definition) is 2. The fourth-order valence-electron chi connectivity index (χ4n) is 9.26. The van der Waals surface area contributed by atoms with E-state index in [1.165, 1.54) is 20.3 Å². The number of carbonyl (C=O) groups is 3. The van der Waals surface area contributed by atoms with E-state index in [2.05, 4.69) is 20.6 Å². The van der Waals surface area contributed by atoms with Gasteiger partial charge in [0, 0.05) is 62.8 Å². The molecular formula is C43H69F2N7O9S. The number of amides is 1. The van der Waals surface area contributed by atoms with Crippen LogP contribution in [0.1, 0.15) is 87.5 Å². The molecule has 1 amide bonds. The summed E-state index contributed by atoms with van der Waals surface area (Å²) >= 11 is 0.250. The van der Waals surface area contributed by atoms with Gasteiger partial charge >= 0.3 is 12.1 Å². The van der Waals surface area contributed by atoms with Gasteiger partial charge < -0.3 is 39.0 Å². The van der Waals surface area contributed by atoms with E-state index in [1.54, 1.807) is 36.5 Å². The first-order valence-corrected chi connectivity index (χ1v) is 22.6. The summed E-state index contributed by atoms with van der Waals surface area (Å²) in [6, 6.07) is 4.24. The highest BCUT2D eigenvalue weighted by Gasteiger charge is 2.60. The molecule has 3 aliphatic heterocycles. The number of methoxy groups -OCH3 is 1. The number of aryl methyl sites for hydroxylation is 1. The summed E-state index contributed by atoms with van der Waals surface area (Å²) in [5, 5.41) is 23.5. The lowest BCUT2D eigenvalue weighted by atomic mass is 9.78. The summed E-state index contributed by atoms with van der Waals surface area (Å²) in [4.78, 5) is 49.9. The van der Waals surface area contributed by atoms with Gasteiger partial charge in [0.1, 0.15) is 17.9 Å². The molecule has 19 heteroatoms. The first kappa shape index (κ1) is 51.3. The van der Waals surface area contributed by atoms with Crippen LogP contribution < -0.4 is 5.32 Å². The highest BCUT2D eigenvalue weighted by atomic mass is 32.2. The second kappa shape index (κ2) is 22.0. The number of nitrogens with zero attached hydrogens (tertiary/aromatic N) is 6. The maximum Gasteiger partial charge on any atom is 0.410 e. The zero-order valence-electron chi connectivity index (χ0n) is 38.4. The van der Waals surface area contributed by atoms with E-state index in [0.717, 1.165) is 12.6 Å². The van der Waals surface area contributed by atoms with Crippen LogP contribution in [-0.4, -0.2) is 159 Å². The van der Waals surface area contributed by atoms with Gasteiger partial charge in [0.15, 0.2) is 17.7 Å². The quantitative estimate of drug-likeness (QED) is 0.166. The maximum absolute atomic E-state index is 16.9. The Balaban J connectivity index is 0.00000273. The number of alkyl halides is 1. The van der Waals surface area contributed by atoms with Crippen molar-refractivity contribution in [2.75, 3.05) is 40.6 Å². The minimum atomic E-state index is -3.13. The van der Waals surface area contributed by atoms with Crippen molar-refractivity contribution in [3.05, 3.63) is 30.6 Å². The molecule has 4 unspecified atom stereocenters. The van der Waals surface area contributed by atoms with Gasteiger partial charge in [-0.25, -0.2) is 14.0 Å². The minimum absolute atomic E-state index is 0.112. The lowest BCUT2D eigenvalue weighted by molar-refractivity contribution is -0.295. The number of pyridine rings is 1. The Morgan fingerprint density at radius 1 is 1.08 bits per heavy atom. The van der Waals surface area contributed by atoms with Gasteiger partial charge in [-0.3, -0.25) is 19.4 Å². The van der Waals surface area contributed by atoms with E-state index in [-0.39, 0.29) is 36.6 Å². The summed E-state index contributed by atoms with van der Waals surface area (Å²) in [7, 11) is 5.20. The number of esters is 1. The number of cyclic esters (lactones) is 1. The molecular weight excluding hydrogens is 829 g/mol. The first-order chi connectivity index (χ1) is 29.2. The molecule has 0 aliphatic carbocycles. The fraction of sp³-hybridized carbons (Fsp3) is 0.767. The zero-order valence-corrected chi connectivity index (χ0v) is 39.2. The number of ketones is 1. The molecule has 0 spiro atoms. The number of ether oxygens (including phenoxy) is 5. The molecule has 62 heavy (non-hydrogen) atoms. The SMILES string of the molecule is CC[C@H]1OC(=O)C(C)(F)C(=O)[C@@H](C)[C@@H](O[C@@H]2OC(C)CC(N(C)C)C2O)[C@](C)(OC)C[C@@H](C)CN[C@H](C)[C@H]2N(CCCCn3cc(-c4ccccn4)nn3)C(=O)O[C@]12C.CSF. The Morgan fingerprint density at radius 2 is 1.76 bits per heavy atom. The fourth-order valence-corrected chi connectivity index (χ4v) is 9.26. The normalized spacial score (nSPS) is 36.2. The first-order valence-electron chi connectivity index (χ1n) is 21.5. The number of hydrogen-bond acceptors (Lipinski definition) is 15. The summed E-state index contributed by atoms with van der Waals surface area (Å²) < 4.78 is 59.7. The van der Waals surface area contributed by atoms with Gasteiger partial charge in [-0.15, -0.1) is 5.10 Å². The maximum atomic E-state index is 16.9. The molecule has 16 nitrogen and oxygen atoms in total. The molecule has 2 aromatic rings. The van der Waals surface area contributed by atoms with Crippen LogP contribution in [0.15, 0.2) is 30.6 Å². The van der Waals surface area contributed by atoms with Gasteiger partial charge in [-0.05, 0) is 105 Å². The predicted octanol–water partition coefficient (Wildman–Crippen LogP) is 5.42. The summed E-state index contributed by atoms with van der Waals surface area (Å²) in [6.07, 6.45) is 1.83. The third kappa shape index (κ3) is 11.7. The number of carbonyl (C=O) groups excluding carboxylic acids is 3. The molecule has 0 bridgehead atoms. The molecule has 3 saturated heterocycles. The number of aromatic nitrogens is 4. The number of likely N-dealkylation sites (N-methyl/N-ethyl adjacent to an activating group) is 1. The minimum Gasteiger partial charge on any atom is -0.455 e. The second-order valence-corrected chi connectivity index (χ2v) is 18.1. The molecule has 3 fully saturated rings. The van der Waals surface area contributed by atoms with Crippen molar-refractivity contribution in [1.29, 1.82) is 0 Å². The van der Waals surface area contributed by atoms with Gasteiger partial charge in [-0.1, -0.05) is 32.1 Å². The number of aliphatic hydroxyl groups excluding tert-OH is 1. The molecule has 0 radical (unpaired) electrons. The third-order valence-electron chi connectivity index (χ3n) is 12.6. The van der Waals surface area contributed by atoms with Crippen molar-refractivity contribution in [2.24, 2.45) is 11.8 Å². The smallest absolute Gasteiger partial charge is 0.410 e. The standard InChI is InChI=1S/C42H66FN7O9.CH3FS/c1-12-32-42(8)34(50(39(54)59-42)20-16-15-19-49-24-30(46-47-49)29-17-13-14-18-44-29)28(5)45-23-25(2)22-40(6,55-11)36(27(4)35(52)41(7,43)38(53)57-32)58-37-33(51)31(48(9)10)21-26(3)56-37;1-3-2/h13-14,17-18,24-28,31-34,36-37,45,51H,12,15-16,19-23H2,1-11H3;1H3/t25-,26?,27-,28-,31?,32-,33?,34-,36-,37+,40-,41?,42-;/m1./s1. The number of aliphatic hydroxyl groups is 1. The molecule has 0 aromatic carbocycles. The van der Waals surface area contributed by atoms with Crippen molar-refractivity contribution >= 4 is 30.0 Å². The second-order valence-electron chi connectivity index (χ2n) is 17.7. The Morgan fingerprint density at radius 3 is 2.37 bits per heavy atom. The van der Waals surface area contributed by atoms with Crippen LogP contribution in [0.5, 0.6) is 0 Å². The van der Waals surface area contributed by atoms with Crippen LogP contribution in [0.3, 0.4) is 0 Å². The molecule has 13 atom stereocenters. The van der Waals surface area contributed by atoms with Crippen LogP contribution in [0.4, 0.5) is 13.1 Å². The average molecular weight is 898 g/mol. The predicted molar refractivity (Wildman–Crippen MR) is 230 cm³/mol. The highest BCUT2D eigenvalue weighted by Crippen LogP contribution is 2.41. The number of unbranched alkanes of at least 4 members (excludes halogenated alkanes) is 1. The van der Waals surface area contributed by atoms with Crippen molar-refractivity contribution in [3.63, 3.8) is 0 Å². The Kier molecular flexibility index (Phi) is 18.2. The summed E-state index contributed by atoms with van der Waals surface area (Å²) in [5.74, 6) is -3.85. The average Bonchev–Trinajstić information content (AvgIpc) is 3.81. The molecule has 2 N–H and O–H groups in total. The molecule has 2 aromatic heterocycles. The van der Waals surface area contributed by atoms with E-state index in [1.807, 2.05) is 64.2 Å². The van der Waals surface area contributed by atoms with Crippen LogP contribution >= 0.6 is 12.1 Å². The number of rotatable bonds is 11. The lowest BCUT2D eigenvalue weighted by Gasteiger charge is -2.47. The number of Topliss-reactive ketones (excluding diaryl/α,β-unsaturated/α-hetero) is 1.